The van der Waals surface area contributed by atoms with Crippen molar-refractivity contribution in [3.05, 3.63) is 71.0 Å². The van der Waals surface area contributed by atoms with Crippen molar-refractivity contribution in [2.24, 2.45) is 0 Å². The Balaban J connectivity index is 1.47. The molecule has 0 N–H and O–H groups in total. The van der Waals surface area contributed by atoms with E-state index in [4.69, 9.17) is 0 Å². The zero-order valence-corrected chi connectivity index (χ0v) is 16.7. The number of likely N-dealkylation sites (tertiary alicyclic amines) is 1. The van der Waals surface area contributed by atoms with Crippen LogP contribution in [0.15, 0.2) is 48.5 Å². The van der Waals surface area contributed by atoms with Crippen LogP contribution < -0.4 is 0 Å². The van der Waals surface area contributed by atoms with E-state index in [1.165, 1.54) is 12.1 Å². The monoisotopic (exact) mass is 398 g/mol. The molecule has 0 atom stereocenters. The molecule has 2 aromatic rings. The molecule has 6 heteroatoms. The van der Waals surface area contributed by atoms with Crippen molar-refractivity contribution in [1.29, 1.82) is 0 Å². The molecule has 2 aliphatic rings. The minimum atomic E-state index is -0.402. The molecule has 4 rings (SSSR count). The average Bonchev–Trinajstić information content (AvgIpc) is 3.11. The van der Waals surface area contributed by atoms with Gasteiger partial charge < -0.3 is 9.80 Å². The summed E-state index contributed by atoms with van der Waals surface area (Å²) in [7, 11) is 0. The molecule has 0 unspecified atom stereocenters. The molecule has 0 aliphatic carbocycles. The molecule has 2 heterocycles. The molecule has 4 nitrogen and oxygen atoms in total. The summed E-state index contributed by atoms with van der Waals surface area (Å²) in [4.78, 5) is 29.3. The second-order valence-corrected chi connectivity index (χ2v) is 8.88. The third-order valence-corrected chi connectivity index (χ3v) is 7.18. The first-order chi connectivity index (χ1) is 13.5. The second kappa shape index (κ2) is 7.59. The number of halogens is 1. The fraction of sp³-hybridized carbons (Fsp3) is 0.364. The first-order valence-electron chi connectivity index (χ1n) is 9.56. The van der Waals surface area contributed by atoms with E-state index < -0.39 is 5.82 Å². The van der Waals surface area contributed by atoms with Gasteiger partial charge in [-0.05, 0) is 50.1 Å². The number of rotatable bonds is 2. The third-order valence-electron chi connectivity index (χ3n) is 5.62. The number of thioether (sulfide) groups is 1. The first-order valence-corrected chi connectivity index (χ1v) is 10.5. The average molecular weight is 399 g/mol. The lowest BCUT2D eigenvalue weighted by Gasteiger charge is -2.44. The number of piperidine rings is 1. The van der Waals surface area contributed by atoms with Gasteiger partial charge in [0.05, 0.1) is 4.87 Å². The molecular weight excluding hydrogens is 375 g/mol. The minimum absolute atomic E-state index is 0.0647. The molecule has 2 fully saturated rings. The fourth-order valence-electron chi connectivity index (χ4n) is 4.02. The van der Waals surface area contributed by atoms with E-state index in [1.54, 1.807) is 17.0 Å². The van der Waals surface area contributed by atoms with Crippen LogP contribution in [0.25, 0.3) is 0 Å². The van der Waals surface area contributed by atoms with E-state index in [-0.39, 0.29) is 16.7 Å². The molecule has 2 saturated heterocycles. The highest BCUT2D eigenvalue weighted by molar-refractivity contribution is 8.00. The molecule has 0 bridgehead atoms. The van der Waals surface area contributed by atoms with Gasteiger partial charge in [-0.15, -0.1) is 11.8 Å². The van der Waals surface area contributed by atoms with E-state index in [0.29, 0.717) is 24.2 Å². The summed E-state index contributed by atoms with van der Waals surface area (Å²) in [6, 6.07) is 13.5. The zero-order valence-electron chi connectivity index (χ0n) is 15.9. The SMILES string of the molecule is Cc1ccc(C(=O)N2CCSC23CCN(C(=O)c2cccc(F)c2)CC3)cc1. The molecule has 0 radical (unpaired) electrons. The maximum Gasteiger partial charge on any atom is 0.254 e. The molecule has 2 amide bonds. The lowest BCUT2D eigenvalue weighted by atomic mass is 10.00. The minimum Gasteiger partial charge on any atom is -0.338 e. The van der Waals surface area contributed by atoms with E-state index in [9.17, 15) is 14.0 Å². The van der Waals surface area contributed by atoms with Crippen LogP contribution in [-0.2, 0) is 0 Å². The van der Waals surface area contributed by atoms with Crippen molar-refractivity contribution in [1.82, 2.24) is 9.80 Å². The number of carbonyl (C=O) groups is 2. The van der Waals surface area contributed by atoms with Gasteiger partial charge in [-0.3, -0.25) is 9.59 Å². The standard InChI is InChI=1S/C22H23FN2O2S/c1-16-5-7-17(8-6-16)21(27)25-13-14-28-22(25)9-11-24(12-10-22)20(26)18-3-2-4-19(23)15-18/h2-8,15H,9-14H2,1H3. The van der Waals surface area contributed by atoms with Crippen LogP contribution in [0.1, 0.15) is 39.1 Å². The molecular formula is C22H23FN2O2S. The van der Waals surface area contributed by atoms with Crippen LogP contribution in [0.5, 0.6) is 0 Å². The largest absolute Gasteiger partial charge is 0.338 e. The van der Waals surface area contributed by atoms with Gasteiger partial charge in [0.2, 0.25) is 0 Å². The first kappa shape index (κ1) is 19.0. The van der Waals surface area contributed by atoms with Gasteiger partial charge in [0, 0.05) is 36.5 Å². The van der Waals surface area contributed by atoms with Crippen molar-refractivity contribution < 1.29 is 14.0 Å². The maximum atomic E-state index is 13.4. The van der Waals surface area contributed by atoms with Crippen LogP contribution >= 0.6 is 11.8 Å². The highest BCUT2D eigenvalue weighted by Crippen LogP contribution is 2.44. The lowest BCUT2D eigenvalue weighted by molar-refractivity contribution is 0.0497. The zero-order chi connectivity index (χ0) is 19.7. The Hall–Kier alpha value is -2.34. The van der Waals surface area contributed by atoms with Crippen LogP contribution in [0.4, 0.5) is 4.39 Å². The topological polar surface area (TPSA) is 40.6 Å². The quantitative estimate of drug-likeness (QED) is 0.769. The molecule has 2 aliphatic heterocycles. The van der Waals surface area contributed by atoms with Gasteiger partial charge in [-0.2, -0.15) is 0 Å². The number of benzene rings is 2. The summed E-state index contributed by atoms with van der Waals surface area (Å²) in [5.74, 6) is 0.430. The Labute approximate surface area is 168 Å². The van der Waals surface area contributed by atoms with Crippen molar-refractivity contribution in [2.45, 2.75) is 24.6 Å². The third kappa shape index (κ3) is 3.53. The van der Waals surface area contributed by atoms with E-state index in [2.05, 4.69) is 0 Å². The predicted octanol–water partition coefficient (Wildman–Crippen LogP) is 3.96. The van der Waals surface area contributed by atoms with Crippen LogP contribution in [-0.4, -0.2) is 51.9 Å². The number of aryl methyl sites for hydroxylation is 1. The Morgan fingerprint density at radius 1 is 0.964 bits per heavy atom. The summed E-state index contributed by atoms with van der Waals surface area (Å²) in [6.45, 7) is 3.88. The Kier molecular flexibility index (Phi) is 5.15. The second-order valence-electron chi connectivity index (χ2n) is 7.42. The summed E-state index contributed by atoms with van der Waals surface area (Å²) in [5.41, 5.74) is 2.22. The maximum absolute atomic E-state index is 13.4. The van der Waals surface area contributed by atoms with Gasteiger partial charge in [0.25, 0.3) is 11.8 Å². The fourth-order valence-corrected chi connectivity index (χ4v) is 5.48. The lowest BCUT2D eigenvalue weighted by Crippen LogP contribution is -2.53. The summed E-state index contributed by atoms with van der Waals surface area (Å²) in [5, 5.41) is 0. The van der Waals surface area contributed by atoms with E-state index in [0.717, 1.165) is 30.7 Å². The van der Waals surface area contributed by atoms with Crippen molar-refractivity contribution in [2.75, 3.05) is 25.4 Å². The summed E-state index contributed by atoms with van der Waals surface area (Å²) in [6.07, 6.45) is 1.46. The van der Waals surface area contributed by atoms with Crippen LogP contribution in [0.3, 0.4) is 0 Å². The molecule has 146 valence electrons. The highest BCUT2D eigenvalue weighted by Gasteiger charge is 2.47. The van der Waals surface area contributed by atoms with Gasteiger partial charge >= 0.3 is 0 Å². The Bertz CT molecular complexity index is 892. The predicted molar refractivity (Wildman–Crippen MR) is 109 cm³/mol. The Morgan fingerprint density at radius 3 is 2.36 bits per heavy atom. The van der Waals surface area contributed by atoms with Gasteiger partial charge in [-0.25, -0.2) is 4.39 Å². The van der Waals surface area contributed by atoms with E-state index >= 15 is 0 Å². The number of nitrogens with zero attached hydrogens (tertiary/aromatic N) is 2. The summed E-state index contributed by atoms with van der Waals surface area (Å²) < 4.78 is 13.4. The molecule has 0 saturated carbocycles. The number of carbonyl (C=O) groups excluding carboxylic acids is 2. The highest BCUT2D eigenvalue weighted by atomic mass is 32.2. The van der Waals surface area contributed by atoms with Crippen LogP contribution in [0, 0.1) is 12.7 Å². The van der Waals surface area contributed by atoms with Crippen molar-refractivity contribution in [3.63, 3.8) is 0 Å². The Morgan fingerprint density at radius 2 is 1.68 bits per heavy atom. The van der Waals surface area contributed by atoms with Crippen molar-refractivity contribution in [3.8, 4) is 0 Å². The number of amides is 2. The normalized spacial score (nSPS) is 18.5. The van der Waals surface area contributed by atoms with Crippen molar-refractivity contribution >= 4 is 23.6 Å². The molecule has 1 spiro atoms. The molecule has 0 aromatic heterocycles. The number of hydrogen-bond acceptors (Lipinski definition) is 3. The van der Waals surface area contributed by atoms with Crippen LogP contribution in [0.2, 0.25) is 0 Å². The van der Waals surface area contributed by atoms with Gasteiger partial charge in [0.1, 0.15) is 5.82 Å². The number of hydrogen-bond donors (Lipinski definition) is 0. The van der Waals surface area contributed by atoms with Gasteiger partial charge in [0.15, 0.2) is 0 Å². The molecule has 2 aromatic carbocycles. The smallest absolute Gasteiger partial charge is 0.254 e. The van der Waals surface area contributed by atoms with E-state index in [1.807, 2.05) is 47.9 Å². The van der Waals surface area contributed by atoms with Gasteiger partial charge in [-0.1, -0.05) is 23.8 Å². The summed E-state index contributed by atoms with van der Waals surface area (Å²) >= 11 is 1.82. The molecule has 28 heavy (non-hydrogen) atoms.